The molecule has 0 atom stereocenters. The van der Waals surface area contributed by atoms with Crippen LogP contribution >= 0.6 is 0 Å². The van der Waals surface area contributed by atoms with Crippen LogP contribution in [-0.2, 0) is 10.0 Å². The van der Waals surface area contributed by atoms with Gasteiger partial charge in [-0.2, -0.15) is 15.0 Å². The Kier molecular flexibility index (Phi) is 6.85. The van der Waals surface area contributed by atoms with E-state index in [1.54, 1.807) is 23.9 Å². The van der Waals surface area contributed by atoms with E-state index in [9.17, 15) is 8.42 Å². The molecule has 1 heterocycles. The normalized spacial score (nSPS) is 11.3. The van der Waals surface area contributed by atoms with Crippen molar-refractivity contribution < 1.29 is 18.6 Å². The summed E-state index contributed by atoms with van der Waals surface area (Å²) in [5.41, 5.74) is 0.556. The Bertz CT molecular complexity index is 831. The van der Waals surface area contributed by atoms with Crippen molar-refractivity contribution >= 4 is 33.6 Å². The fraction of sp³-hybridized carbons (Fsp3) is 0.400. The molecule has 0 amide bonds. The molecule has 1 aromatic carbocycles. The highest BCUT2D eigenvalue weighted by Crippen LogP contribution is 2.20. The summed E-state index contributed by atoms with van der Waals surface area (Å²) in [6.07, 6.45) is 0. The van der Waals surface area contributed by atoms with E-state index in [2.05, 4.69) is 20.3 Å². The van der Waals surface area contributed by atoms with Gasteiger partial charge in [0.25, 0.3) is 0 Å². The number of hydrogen-bond acceptors (Lipinski definition) is 10. The van der Waals surface area contributed by atoms with Crippen molar-refractivity contribution in [3.8, 4) is 0 Å². The van der Waals surface area contributed by atoms with Crippen LogP contribution in [0.15, 0.2) is 29.2 Å². The van der Waals surface area contributed by atoms with Crippen LogP contribution in [0.5, 0.6) is 0 Å². The highest BCUT2D eigenvalue weighted by atomic mass is 32.2. The quantitative estimate of drug-likeness (QED) is 0.419. The molecule has 0 fully saturated rings. The first kappa shape index (κ1) is 20.8. The lowest BCUT2D eigenvalue weighted by Gasteiger charge is -2.21. The van der Waals surface area contributed by atoms with E-state index in [0.29, 0.717) is 30.7 Å². The van der Waals surface area contributed by atoms with Crippen molar-refractivity contribution in [2.45, 2.75) is 4.90 Å². The number of anilines is 4. The van der Waals surface area contributed by atoms with Gasteiger partial charge in [-0.15, -0.1) is 0 Å². The molecule has 12 heteroatoms. The molecule has 0 aliphatic rings. The molecule has 5 N–H and O–H groups in total. The first-order valence-corrected chi connectivity index (χ1v) is 9.59. The van der Waals surface area contributed by atoms with Gasteiger partial charge >= 0.3 is 0 Å². The number of primary sulfonamides is 1. The first-order valence-electron chi connectivity index (χ1n) is 8.04. The molecule has 0 radical (unpaired) electrons. The van der Waals surface area contributed by atoms with Crippen molar-refractivity contribution in [1.29, 1.82) is 0 Å². The van der Waals surface area contributed by atoms with Gasteiger partial charge in [0.05, 0.1) is 18.1 Å². The second kappa shape index (κ2) is 8.90. The lowest BCUT2D eigenvalue weighted by atomic mass is 10.3. The molecule has 0 spiro atoms. The predicted octanol–water partition coefficient (Wildman–Crippen LogP) is -0.880. The fourth-order valence-electron chi connectivity index (χ4n) is 2.11. The molecule has 27 heavy (non-hydrogen) atoms. The number of aliphatic hydroxyl groups is 2. The Morgan fingerprint density at radius 2 is 1.44 bits per heavy atom. The van der Waals surface area contributed by atoms with Crippen LogP contribution in [0.4, 0.5) is 23.5 Å². The van der Waals surface area contributed by atoms with Gasteiger partial charge in [0, 0.05) is 32.9 Å². The molecule has 0 aliphatic heterocycles. The highest BCUT2D eigenvalue weighted by molar-refractivity contribution is 7.89. The van der Waals surface area contributed by atoms with Gasteiger partial charge in [-0.1, -0.05) is 0 Å². The van der Waals surface area contributed by atoms with Crippen LogP contribution in [0.1, 0.15) is 0 Å². The molecule has 148 valence electrons. The van der Waals surface area contributed by atoms with E-state index >= 15 is 0 Å². The zero-order valence-electron chi connectivity index (χ0n) is 15.1. The number of aromatic nitrogens is 3. The highest BCUT2D eigenvalue weighted by Gasteiger charge is 2.14. The Balaban J connectivity index is 2.33. The number of benzene rings is 1. The van der Waals surface area contributed by atoms with Crippen LogP contribution < -0.4 is 20.3 Å². The minimum atomic E-state index is -3.77. The standard InChI is InChI=1S/C15H23N7O4S/c1-21(7-9-23)14-18-13(19-15(20-14)22(2)8-10-24)17-11-3-5-12(6-4-11)27(16,25)26/h3-6,23-24H,7-10H2,1-2H3,(H2,16,25,26)(H,17,18,19,20). The van der Waals surface area contributed by atoms with Gasteiger partial charge in [0.2, 0.25) is 27.9 Å². The number of likely N-dealkylation sites (N-methyl/N-ethyl adjacent to an activating group) is 2. The van der Waals surface area contributed by atoms with Crippen molar-refractivity contribution in [3.63, 3.8) is 0 Å². The van der Waals surface area contributed by atoms with Gasteiger partial charge in [-0.25, -0.2) is 13.6 Å². The molecule has 2 aromatic rings. The Morgan fingerprint density at radius 3 is 1.85 bits per heavy atom. The Morgan fingerprint density at radius 1 is 0.963 bits per heavy atom. The molecule has 1 aromatic heterocycles. The number of nitrogens with one attached hydrogen (secondary N) is 1. The maximum Gasteiger partial charge on any atom is 0.238 e. The van der Waals surface area contributed by atoms with Crippen molar-refractivity contribution in [1.82, 2.24) is 15.0 Å². The predicted molar refractivity (Wildman–Crippen MR) is 102 cm³/mol. The first-order chi connectivity index (χ1) is 12.7. The van der Waals surface area contributed by atoms with Crippen LogP contribution in [0.25, 0.3) is 0 Å². The monoisotopic (exact) mass is 397 g/mol. The molecule has 0 saturated heterocycles. The maximum atomic E-state index is 11.3. The van der Waals surface area contributed by atoms with Crippen LogP contribution in [-0.4, -0.2) is 74.0 Å². The van der Waals surface area contributed by atoms with Crippen LogP contribution in [0.2, 0.25) is 0 Å². The number of hydrogen-bond donors (Lipinski definition) is 4. The van der Waals surface area contributed by atoms with E-state index in [0.717, 1.165) is 0 Å². The van der Waals surface area contributed by atoms with Gasteiger partial charge in [-0.05, 0) is 24.3 Å². The third-order valence-electron chi connectivity index (χ3n) is 3.60. The molecule has 0 unspecified atom stereocenters. The number of nitrogens with zero attached hydrogens (tertiary/aromatic N) is 5. The zero-order chi connectivity index (χ0) is 20.0. The number of sulfonamides is 1. The summed E-state index contributed by atoms with van der Waals surface area (Å²) < 4.78 is 22.7. The van der Waals surface area contributed by atoms with Gasteiger partial charge in [0.1, 0.15) is 0 Å². The van der Waals surface area contributed by atoms with Crippen LogP contribution in [0, 0.1) is 0 Å². The lowest BCUT2D eigenvalue weighted by Crippen LogP contribution is -2.28. The molecule has 0 bridgehead atoms. The summed E-state index contributed by atoms with van der Waals surface area (Å²) in [5, 5.41) is 26.3. The van der Waals surface area contributed by atoms with Gasteiger partial charge < -0.3 is 25.3 Å². The third kappa shape index (κ3) is 5.72. The summed E-state index contributed by atoms with van der Waals surface area (Å²) in [5.74, 6) is 0.901. The molecule has 0 aliphatic carbocycles. The van der Waals surface area contributed by atoms with E-state index in [1.807, 2.05) is 0 Å². The molecular formula is C15H23N7O4S. The van der Waals surface area contributed by atoms with E-state index < -0.39 is 10.0 Å². The second-order valence-electron chi connectivity index (χ2n) is 5.74. The Labute approximate surface area is 157 Å². The summed E-state index contributed by atoms with van der Waals surface area (Å²) in [6.45, 7) is 0.523. The summed E-state index contributed by atoms with van der Waals surface area (Å²) >= 11 is 0. The van der Waals surface area contributed by atoms with Crippen molar-refractivity contribution in [2.24, 2.45) is 5.14 Å². The smallest absolute Gasteiger partial charge is 0.238 e. The summed E-state index contributed by atoms with van der Waals surface area (Å²) in [4.78, 5) is 16.3. The molecular weight excluding hydrogens is 374 g/mol. The van der Waals surface area contributed by atoms with Crippen molar-refractivity contribution in [2.75, 3.05) is 55.5 Å². The maximum absolute atomic E-state index is 11.3. The Hall–Kier alpha value is -2.54. The van der Waals surface area contributed by atoms with Crippen molar-refractivity contribution in [3.05, 3.63) is 24.3 Å². The summed E-state index contributed by atoms with van der Waals surface area (Å²) in [7, 11) is -0.314. The minimum absolute atomic E-state index is 0.00423. The van der Waals surface area contributed by atoms with Crippen LogP contribution in [0.3, 0.4) is 0 Å². The SMILES string of the molecule is CN(CCO)c1nc(Nc2ccc(S(N)(=O)=O)cc2)nc(N(C)CCO)n1. The molecule has 0 saturated carbocycles. The fourth-order valence-corrected chi connectivity index (χ4v) is 2.62. The van der Waals surface area contributed by atoms with E-state index in [4.69, 9.17) is 15.4 Å². The average Bonchev–Trinajstić information content (AvgIpc) is 2.61. The molecule has 2 rings (SSSR count). The third-order valence-corrected chi connectivity index (χ3v) is 4.53. The topological polar surface area (TPSA) is 158 Å². The van der Waals surface area contributed by atoms with Gasteiger partial charge in [-0.3, -0.25) is 0 Å². The second-order valence-corrected chi connectivity index (χ2v) is 7.31. The number of nitrogens with two attached hydrogens (primary N) is 1. The largest absolute Gasteiger partial charge is 0.395 e. The molecule has 11 nitrogen and oxygen atoms in total. The number of rotatable bonds is 9. The van der Waals surface area contributed by atoms with Gasteiger partial charge in [0.15, 0.2) is 0 Å². The number of aliphatic hydroxyl groups excluding tert-OH is 2. The van der Waals surface area contributed by atoms with E-state index in [-0.39, 0.29) is 24.1 Å². The minimum Gasteiger partial charge on any atom is -0.395 e. The zero-order valence-corrected chi connectivity index (χ0v) is 15.9. The average molecular weight is 397 g/mol. The van der Waals surface area contributed by atoms with E-state index in [1.165, 1.54) is 24.3 Å². The lowest BCUT2D eigenvalue weighted by molar-refractivity contribution is 0.303. The summed E-state index contributed by atoms with van der Waals surface area (Å²) in [6, 6.07) is 5.82.